The molecule has 0 aliphatic carbocycles. The Morgan fingerprint density at radius 3 is 2.33 bits per heavy atom. The Kier molecular flexibility index (Phi) is 8.01. The monoisotopic (exact) mass is 356 g/mol. The average Bonchev–Trinajstić information content (AvgIpc) is 2.54. The fraction of sp³-hybridized carbons (Fsp3) is 0.176. The number of ketones is 1. The van der Waals surface area contributed by atoms with Gasteiger partial charge in [-0.3, -0.25) is 9.59 Å². The van der Waals surface area contributed by atoms with Gasteiger partial charge >= 0.3 is 6.61 Å². The number of aldehydes is 1. The van der Waals surface area contributed by atoms with Gasteiger partial charge in [-0.15, -0.1) is 0 Å². The van der Waals surface area contributed by atoms with Crippen molar-refractivity contribution in [3.8, 4) is 5.75 Å². The highest BCUT2D eigenvalue weighted by Gasteiger charge is 2.14. The summed E-state index contributed by atoms with van der Waals surface area (Å²) in [5.74, 6) is -0.694. The van der Waals surface area contributed by atoms with Crippen molar-refractivity contribution < 1.29 is 27.8 Å². The second-order valence-corrected chi connectivity index (χ2v) is 4.97. The molecule has 0 radical (unpaired) electrons. The van der Waals surface area contributed by atoms with Gasteiger partial charge in [-0.1, -0.05) is 23.7 Å². The third kappa shape index (κ3) is 6.06. The molecular weight excluding hydrogens is 342 g/mol. The number of hydrogen-bond acceptors (Lipinski definition) is 4. The summed E-state index contributed by atoms with van der Waals surface area (Å²) in [5.41, 5.74) is 0.421. The normalized spacial score (nSPS) is 9.92. The van der Waals surface area contributed by atoms with E-state index in [2.05, 4.69) is 9.47 Å². The first kappa shape index (κ1) is 19.7. The van der Waals surface area contributed by atoms with E-state index < -0.39 is 12.4 Å². The number of rotatable bonds is 5. The zero-order chi connectivity index (χ0) is 18.1. The smallest absolute Gasteiger partial charge is 0.387 e. The van der Waals surface area contributed by atoms with Crippen LogP contribution in [0.15, 0.2) is 42.5 Å². The van der Waals surface area contributed by atoms with Crippen molar-refractivity contribution in [1.82, 2.24) is 0 Å². The molecule has 0 heterocycles. The van der Waals surface area contributed by atoms with E-state index in [4.69, 9.17) is 11.6 Å². The van der Waals surface area contributed by atoms with Crippen LogP contribution in [0.2, 0.25) is 5.02 Å². The molecule has 2 rings (SSSR count). The lowest BCUT2D eigenvalue weighted by Crippen LogP contribution is -2.06. The summed E-state index contributed by atoms with van der Waals surface area (Å²) in [6.45, 7) is -3.04. The first-order chi connectivity index (χ1) is 11.4. The van der Waals surface area contributed by atoms with Gasteiger partial charge in [-0.2, -0.15) is 8.78 Å². The zero-order valence-electron chi connectivity index (χ0n) is 13.0. The van der Waals surface area contributed by atoms with Crippen molar-refractivity contribution in [2.24, 2.45) is 0 Å². The lowest BCUT2D eigenvalue weighted by Gasteiger charge is -2.08. The van der Waals surface area contributed by atoms with Crippen molar-refractivity contribution in [2.45, 2.75) is 6.61 Å². The molecule has 0 N–H and O–H groups in total. The van der Waals surface area contributed by atoms with Gasteiger partial charge in [0.05, 0.1) is 0 Å². The molecule has 0 aliphatic rings. The minimum atomic E-state index is -3.04. The van der Waals surface area contributed by atoms with E-state index in [0.29, 0.717) is 11.3 Å². The molecule has 0 aliphatic heterocycles. The Labute approximate surface area is 143 Å². The van der Waals surface area contributed by atoms with Gasteiger partial charge in [0.25, 0.3) is 0 Å². The number of carbonyl (C=O) groups is 2. The molecule has 0 saturated carbocycles. The molecule has 0 saturated heterocycles. The van der Waals surface area contributed by atoms with Crippen LogP contribution in [0.25, 0.3) is 0 Å². The fourth-order valence-corrected chi connectivity index (χ4v) is 1.98. The van der Waals surface area contributed by atoms with E-state index in [1.807, 2.05) is 0 Å². The minimum Gasteiger partial charge on any atom is -0.435 e. The molecule has 2 aromatic rings. The van der Waals surface area contributed by atoms with E-state index >= 15 is 0 Å². The minimum absolute atomic E-state index is 0.0671. The van der Waals surface area contributed by atoms with Crippen molar-refractivity contribution in [3.05, 3.63) is 64.2 Å². The van der Waals surface area contributed by atoms with Crippen LogP contribution >= 0.6 is 11.6 Å². The Hall–Kier alpha value is -2.31. The summed E-state index contributed by atoms with van der Waals surface area (Å²) in [6, 6.07) is 9.77. The predicted molar refractivity (Wildman–Crippen MR) is 86.3 cm³/mol. The van der Waals surface area contributed by atoms with Crippen LogP contribution < -0.4 is 4.74 Å². The molecule has 4 nitrogen and oxygen atoms in total. The van der Waals surface area contributed by atoms with Gasteiger partial charge in [0, 0.05) is 35.9 Å². The standard InChI is InChI=1S/C15H9ClF2O3.C2H6O/c16-12-3-1-2-10(6-12)14(20)11-4-9(8-19)5-13(7-11)21-15(17)18;1-3-2/h1-8,15H;1-2H3. The molecule has 2 aromatic carbocycles. The van der Waals surface area contributed by atoms with Crippen LogP contribution in [0.5, 0.6) is 5.75 Å². The summed E-state index contributed by atoms with van der Waals surface area (Å²) in [6.07, 6.45) is 0.451. The second-order valence-electron chi connectivity index (χ2n) is 4.53. The van der Waals surface area contributed by atoms with Gasteiger partial charge < -0.3 is 9.47 Å². The molecule has 128 valence electrons. The van der Waals surface area contributed by atoms with E-state index in [1.54, 1.807) is 26.4 Å². The number of alkyl halides is 2. The molecule has 0 fully saturated rings. The van der Waals surface area contributed by atoms with E-state index in [9.17, 15) is 18.4 Å². The van der Waals surface area contributed by atoms with E-state index in [0.717, 1.165) is 12.1 Å². The maximum atomic E-state index is 12.3. The number of ether oxygens (including phenoxy) is 2. The number of halogens is 3. The highest BCUT2D eigenvalue weighted by atomic mass is 35.5. The molecule has 0 unspecified atom stereocenters. The molecule has 0 atom stereocenters. The summed E-state index contributed by atoms with van der Waals surface area (Å²) in [4.78, 5) is 23.1. The van der Waals surface area contributed by atoms with Crippen molar-refractivity contribution in [1.29, 1.82) is 0 Å². The summed E-state index contributed by atoms with van der Waals surface area (Å²) in [5, 5.41) is 0.372. The van der Waals surface area contributed by atoms with Crippen molar-refractivity contribution in [3.63, 3.8) is 0 Å². The van der Waals surface area contributed by atoms with E-state index in [1.165, 1.54) is 18.2 Å². The van der Waals surface area contributed by atoms with Crippen LogP contribution in [-0.2, 0) is 4.74 Å². The maximum Gasteiger partial charge on any atom is 0.387 e. The number of methoxy groups -OCH3 is 1. The highest BCUT2D eigenvalue weighted by Crippen LogP contribution is 2.22. The number of carbonyl (C=O) groups excluding carboxylic acids is 2. The molecule has 0 amide bonds. The molecule has 0 bridgehead atoms. The van der Waals surface area contributed by atoms with Crippen LogP contribution in [-0.4, -0.2) is 32.9 Å². The second kappa shape index (κ2) is 9.75. The molecule has 7 heteroatoms. The van der Waals surface area contributed by atoms with Gasteiger partial charge in [0.15, 0.2) is 5.78 Å². The van der Waals surface area contributed by atoms with Crippen LogP contribution in [0, 0.1) is 0 Å². The molecule has 24 heavy (non-hydrogen) atoms. The predicted octanol–water partition coefficient (Wildman–Crippen LogP) is 4.25. The molecule has 0 spiro atoms. The first-order valence-corrected chi connectivity index (χ1v) is 7.04. The third-order valence-electron chi connectivity index (χ3n) is 2.64. The highest BCUT2D eigenvalue weighted by molar-refractivity contribution is 6.31. The zero-order valence-corrected chi connectivity index (χ0v) is 13.7. The van der Waals surface area contributed by atoms with Crippen LogP contribution in [0.3, 0.4) is 0 Å². The van der Waals surface area contributed by atoms with Crippen molar-refractivity contribution >= 4 is 23.7 Å². The van der Waals surface area contributed by atoms with E-state index in [-0.39, 0.29) is 22.4 Å². The van der Waals surface area contributed by atoms with Gasteiger partial charge in [0.1, 0.15) is 12.0 Å². The fourth-order valence-electron chi connectivity index (χ4n) is 1.79. The van der Waals surface area contributed by atoms with Crippen LogP contribution in [0.1, 0.15) is 26.3 Å². The molecular formula is C17H15ClF2O4. The third-order valence-corrected chi connectivity index (χ3v) is 2.87. The Morgan fingerprint density at radius 2 is 1.79 bits per heavy atom. The number of hydrogen-bond donors (Lipinski definition) is 0. The first-order valence-electron chi connectivity index (χ1n) is 6.66. The maximum absolute atomic E-state index is 12.3. The summed E-state index contributed by atoms with van der Waals surface area (Å²) in [7, 11) is 3.25. The SMILES string of the molecule is COC.O=Cc1cc(OC(F)F)cc(C(=O)c2cccc(Cl)c2)c1. The topological polar surface area (TPSA) is 52.6 Å². The lowest BCUT2D eigenvalue weighted by molar-refractivity contribution is -0.0499. The Balaban J connectivity index is 0.000000891. The molecule has 0 aromatic heterocycles. The quantitative estimate of drug-likeness (QED) is 0.593. The number of benzene rings is 2. The van der Waals surface area contributed by atoms with Gasteiger partial charge in [-0.25, -0.2) is 0 Å². The van der Waals surface area contributed by atoms with Crippen LogP contribution in [0.4, 0.5) is 8.78 Å². The van der Waals surface area contributed by atoms with Gasteiger partial charge in [-0.05, 0) is 30.3 Å². The van der Waals surface area contributed by atoms with Crippen molar-refractivity contribution in [2.75, 3.05) is 14.2 Å². The lowest BCUT2D eigenvalue weighted by atomic mass is 10.0. The Bertz CT molecular complexity index is 705. The van der Waals surface area contributed by atoms with Gasteiger partial charge in [0.2, 0.25) is 0 Å². The largest absolute Gasteiger partial charge is 0.435 e. The summed E-state index contributed by atoms with van der Waals surface area (Å²) < 4.78 is 33.0. The summed E-state index contributed by atoms with van der Waals surface area (Å²) >= 11 is 5.80. The Morgan fingerprint density at radius 1 is 1.12 bits per heavy atom. The average molecular weight is 357 g/mol.